The van der Waals surface area contributed by atoms with Crippen molar-refractivity contribution in [2.24, 2.45) is 5.73 Å². The molecule has 9 heteroatoms. The number of benzene rings is 2. The van der Waals surface area contributed by atoms with Gasteiger partial charge >= 0.3 is 0 Å². The number of nitrogens with one attached hydrogen (secondary N) is 1. The first-order valence-electron chi connectivity index (χ1n) is 11.3. The molecule has 3 aromatic rings. The molecule has 0 unspecified atom stereocenters. The number of nitrogens with zero attached hydrogens (tertiary/aromatic N) is 3. The largest absolute Gasteiger partial charge is 0.491 e. The predicted molar refractivity (Wildman–Crippen MR) is 142 cm³/mol. The fourth-order valence-corrected chi connectivity index (χ4v) is 4.07. The standard InChI is InChI=1S/C26H30ClN5O2S/c1-18-14-21(15-19(16-29)24(18)33-12-9-27)26(2,3)20-4-6-23(7-5-20)34-17-22-8-11-30-25(31-22)32-35-13-10-28/h4-8,11,14-15H,9-10,12-13,17,28H2,1-3H3,(H,30,31,32). The van der Waals surface area contributed by atoms with Gasteiger partial charge in [-0.15, -0.1) is 11.6 Å². The molecule has 7 nitrogen and oxygen atoms in total. The highest BCUT2D eigenvalue weighted by Crippen LogP contribution is 2.36. The number of aryl methyl sites for hydroxylation is 1. The van der Waals surface area contributed by atoms with Gasteiger partial charge in [0.15, 0.2) is 0 Å². The molecule has 0 bridgehead atoms. The number of hydrogen-bond donors (Lipinski definition) is 2. The van der Waals surface area contributed by atoms with E-state index in [2.05, 4.69) is 40.7 Å². The Balaban J connectivity index is 1.71. The van der Waals surface area contributed by atoms with Gasteiger partial charge in [-0.25, -0.2) is 9.97 Å². The van der Waals surface area contributed by atoms with Crippen molar-refractivity contribution in [1.29, 1.82) is 5.26 Å². The quantitative estimate of drug-likeness (QED) is 0.194. The van der Waals surface area contributed by atoms with Gasteiger partial charge in [-0.05, 0) is 59.8 Å². The maximum absolute atomic E-state index is 9.66. The lowest BCUT2D eigenvalue weighted by Crippen LogP contribution is -2.19. The highest BCUT2D eigenvalue weighted by Gasteiger charge is 2.25. The Morgan fingerprint density at radius 3 is 2.60 bits per heavy atom. The molecule has 0 saturated heterocycles. The molecule has 3 N–H and O–H groups in total. The van der Waals surface area contributed by atoms with E-state index in [1.807, 2.05) is 43.3 Å². The van der Waals surface area contributed by atoms with Crippen LogP contribution in [0.3, 0.4) is 0 Å². The highest BCUT2D eigenvalue weighted by molar-refractivity contribution is 8.00. The molecule has 0 atom stereocenters. The summed E-state index contributed by atoms with van der Waals surface area (Å²) in [6.45, 7) is 7.50. The maximum atomic E-state index is 9.66. The summed E-state index contributed by atoms with van der Waals surface area (Å²) in [4.78, 5) is 8.65. The lowest BCUT2D eigenvalue weighted by atomic mass is 9.77. The summed E-state index contributed by atoms with van der Waals surface area (Å²) in [7, 11) is 0. The molecule has 0 fully saturated rings. The minimum absolute atomic E-state index is 0.325. The van der Waals surface area contributed by atoms with Crippen LogP contribution < -0.4 is 19.9 Å². The van der Waals surface area contributed by atoms with Gasteiger partial charge in [0.1, 0.15) is 30.8 Å². The molecule has 0 amide bonds. The molecule has 0 radical (unpaired) electrons. The van der Waals surface area contributed by atoms with Crippen LogP contribution >= 0.6 is 23.5 Å². The minimum Gasteiger partial charge on any atom is -0.491 e. The Morgan fingerprint density at radius 2 is 1.91 bits per heavy atom. The van der Waals surface area contributed by atoms with Crippen LogP contribution in [-0.2, 0) is 12.0 Å². The number of nitriles is 1. The summed E-state index contributed by atoms with van der Waals surface area (Å²) >= 11 is 7.22. The summed E-state index contributed by atoms with van der Waals surface area (Å²) < 4.78 is 14.7. The monoisotopic (exact) mass is 511 g/mol. The van der Waals surface area contributed by atoms with E-state index < -0.39 is 0 Å². The van der Waals surface area contributed by atoms with Crippen LogP contribution in [0.1, 0.15) is 41.8 Å². The number of nitrogens with two attached hydrogens (primary N) is 1. The van der Waals surface area contributed by atoms with E-state index in [-0.39, 0.29) is 5.41 Å². The number of ether oxygens (including phenoxy) is 2. The molecule has 0 aliphatic rings. The fourth-order valence-electron chi connectivity index (χ4n) is 3.54. The molecule has 0 spiro atoms. The minimum atomic E-state index is -0.325. The van der Waals surface area contributed by atoms with Crippen LogP contribution in [0.2, 0.25) is 0 Å². The van der Waals surface area contributed by atoms with E-state index in [1.54, 1.807) is 6.20 Å². The molecule has 184 valence electrons. The number of rotatable bonds is 12. The van der Waals surface area contributed by atoms with Crippen molar-refractivity contribution in [2.75, 3.05) is 29.5 Å². The smallest absolute Gasteiger partial charge is 0.233 e. The Hall–Kier alpha value is -2.99. The van der Waals surface area contributed by atoms with Gasteiger partial charge in [0.25, 0.3) is 0 Å². The van der Waals surface area contributed by atoms with E-state index in [9.17, 15) is 5.26 Å². The van der Waals surface area contributed by atoms with Crippen molar-refractivity contribution in [3.8, 4) is 17.6 Å². The third kappa shape index (κ3) is 7.01. The van der Waals surface area contributed by atoms with E-state index in [4.69, 9.17) is 26.8 Å². The van der Waals surface area contributed by atoms with Gasteiger partial charge in [-0.3, -0.25) is 4.72 Å². The first-order valence-corrected chi connectivity index (χ1v) is 12.8. The van der Waals surface area contributed by atoms with E-state index in [0.29, 0.717) is 42.9 Å². The van der Waals surface area contributed by atoms with Gasteiger partial charge < -0.3 is 15.2 Å². The van der Waals surface area contributed by atoms with Crippen molar-refractivity contribution in [1.82, 2.24) is 9.97 Å². The third-order valence-electron chi connectivity index (χ3n) is 5.50. The second kappa shape index (κ2) is 12.6. The summed E-state index contributed by atoms with van der Waals surface area (Å²) in [5.74, 6) is 3.02. The average Bonchev–Trinajstić information content (AvgIpc) is 2.87. The van der Waals surface area contributed by atoms with Crippen LogP contribution in [0.5, 0.6) is 11.5 Å². The molecule has 0 aliphatic heterocycles. The van der Waals surface area contributed by atoms with Crippen molar-refractivity contribution < 1.29 is 9.47 Å². The summed E-state index contributed by atoms with van der Waals surface area (Å²) in [6.07, 6.45) is 1.70. The lowest BCUT2D eigenvalue weighted by molar-refractivity contribution is 0.301. The molecule has 3 rings (SSSR count). The molecule has 2 aromatic carbocycles. The average molecular weight is 512 g/mol. The molecular formula is C26H30ClN5O2S. The second-order valence-corrected chi connectivity index (χ2v) is 9.65. The van der Waals surface area contributed by atoms with E-state index in [1.165, 1.54) is 11.9 Å². The summed E-state index contributed by atoms with van der Waals surface area (Å²) in [6, 6.07) is 16.0. The summed E-state index contributed by atoms with van der Waals surface area (Å²) in [5, 5.41) is 9.66. The second-order valence-electron chi connectivity index (χ2n) is 8.37. The van der Waals surface area contributed by atoms with Crippen molar-refractivity contribution >= 4 is 29.5 Å². The van der Waals surface area contributed by atoms with Crippen molar-refractivity contribution in [3.05, 3.63) is 76.6 Å². The van der Waals surface area contributed by atoms with Crippen molar-refractivity contribution in [3.63, 3.8) is 0 Å². The molecule has 1 aromatic heterocycles. The van der Waals surface area contributed by atoms with Crippen LogP contribution in [0.25, 0.3) is 0 Å². The van der Waals surface area contributed by atoms with Crippen LogP contribution in [0.15, 0.2) is 48.7 Å². The Kier molecular flexibility index (Phi) is 9.61. The van der Waals surface area contributed by atoms with E-state index >= 15 is 0 Å². The Bertz CT molecular complexity index is 1170. The predicted octanol–water partition coefficient (Wildman–Crippen LogP) is 5.20. The molecular weight excluding hydrogens is 482 g/mol. The first kappa shape index (κ1) is 26.6. The van der Waals surface area contributed by atoms with Crippen LogP contribution in [0, 0.1) is 18.3 Å². The lowest BCUT2D eigenvalue weighted by Gasteiger charge is -2.27. The van der Waals surface area contributed by atoms with Gasteiger partial charge in [-0.2, -0.15) is 5.26 Å². The molecule has 0 aliphatic carbocycles. The Labute approximate surface area is 216 Å². The van der Waals surface area contributed by atoms with Crippen LogP contribution in [0.4, 0.5) is 5.95 Å². The van der Waals surface area contributed by atoms with Gasteiger partial charge in [0.2, 0.25) is 5.95 Å². The number of hydrogen-bond acceptors (Lipinski definition) is 8. The fraction of sp³-hybridized carbons (Fsp3) is 0.346. The molecule has 1 heterocycles. The molecule has 0 saturated carbocycles. The zero-order valence-electron chi connectivity index (χ0n) is 20.2. The number of halogens is 1. The maximum Gasteiger partial charge on any atom is 0.233 e. The van der Waals surface area contributed by atoms with Crippen LogP contribution in [-0.4, -0.2) is 34.8 Å². The zero-order valence-corrected chi connectivity index (χ0v) is 21.7. The Morgan fingerprint density at radius 1 is 1.14 bits per heavy atom. The number of alkyl halides is 1. The number of anilines is 1. The normalized spacial score (nSPS) is 11.1. The first-order chi connectivity index (χ1) is 16.9. The SMILES string of the molecule is Cc1cc(C(C)(C)c2ccc(OCc3ccnc(NSCCN)n3)cc2)cc(C#N)c1OCCCl. The highest BCUT2D eigenvalue weighted by atomic mass is 35.5. The molecule has 35 heavy (non-hydrogen) atoms. The third-order valence-corrected chi connectivity index (χ3v) is 6.42. The van der Waals surface area contributed by atoms with Gasteiger partial charge in [0, 0.05) is 23.9 Å². The van der Waals surface area contributed by atoms with Gasteiger partial charge in [-0.1, -0.05) is 32.0 Å². The zero-order chi connectivity index (χ0) is 25.3. The topological polar surface area (TPSA) is 106 Å². The van der Waals surface area contributed by atoms with Gasteiger partial charge in [0.05, 0.1) is 17.1 Å². The number of aromatic nitrogens is 2. The summed E-state index contributed by atoms with van der Waals surface area (Å²) in [5.41, 5.74) is 9.52. The van der Waals surface area contributed by atoms with E-state index in [0.717, 1.165) is 33.9 Å². The van der Waals surface area contributed by atoms with Crippen molar-refractivity contribution in [2.45, 2.75) is 32.8 Å².